The highest BCUT2D eigenvalue weighted by Crippen LogP contribution is 2.49. The molecule has 0 bridgehead atoms. The second-order valence-electron chi connectivity index (χ2n) is 9.62. The second-order valence-corrected chi connectivity index (χ2v) is 9.62. The lowest BCUT2D eigenvalue weighted by Crippen LogP contribution is -2.24. The molecule has 4 aromatic rings. The molecule has 0 N–H and O–H groups in total. The van der Waals surface area contributed by atoms with Crippen molar-refractivity contribution < 1.29 is 55.6 Å². The van der Waals surface area contributed by atoms with Gasteiger partial charge >= 0.3 is 11.9 Å². The molecule has 0 aromatic heterocycles. The number of hydrogen-bond donors (Lipinski definition) is 0. The van der Waals surface area contributed by atoms with Crippen molar-refractivity contribution in [2.24, 2.45) is 0 Å². The molecule has 0 saturated carbocycles. The summed E-state index contributed by atoms with van der Waals surface area (Å²) in [5, 5.41) is 0. The largest absolute Gasteiger partial charge is 0.491 e. The van der Waals surface area contributed by atoms with E-state index < -0.39 is 52.4 Å². The maximum atomic E-state index is 14.9. The molecule has 1 heterocycles. The Morgan fingerprint density at radius 3 is 1.62 bits per heavy atom. The fraction of sp³-hybridized carbons (Fsp3) is 0.212. The van der Waals surface area contributed by atoms with E-state index in [0.717, 1.165) is 24.3 Å². The van der Waals surface area contributed by atoms with Gasteiger partial charge in [-0.05, 0) is 69.3 Å². The van der Waals surface area contributed by atoms with Gasteiger partial charge in [0.15, 0.2) is 23.1 Å². The molecule has 0 amide bonds. The van der Waals surface area contributed by atoms with Crippen LogP contribution in [0.1, 0.15) is 41.5 Å². The van der Waals surface area contributed by atoms with Crippen molar-refractivity contribution in [3.8, 4) is 45.6 Å². The monoisotopic (exact) mass is 626 g/mol. The Hall–Kier alpha value is -5.26. The lowest BCUT2D eigenvalue weighted by molar-refractivity contribution is 0.0714. The van der Waals surface area contributed by atoms with Crippen molar-refractivity contribution in [3.05, 3.63) is 95.1 Å². The van der Waals surface area contributed by atoms with E-state index in [0.29, 0.717) is 0 Å². The number of ether oxygens (including phenoxy) is 6. The highest BCUT2D eigenvalue weighted by molar-refractivity contribution is 5.96. The molecule has 1 aliphatic heterocycles. The van der Waals surface area contributed by atoms with Crippen LogP contribution in [-0.4, -0.2) is 37.9 Å². The van der Waals surface area contributed by atoms with Gasteiger partial charge in [-0.1, -0.05) is 12.1 Å². The van der Waals surface area contributed by atoms with Crippen molar-refractivity contribution in [2.75, 3.05) is 19.8 Å². The average molecular weight is 627 g/mol. The number of esters is 2. The molecule has 45 heavy (non-hydrogen) atoms. The van der Waals surface area contributed by atoms with Gasteiger partial charge in [-0.15, -0.1) is 0 Å². The van der Waals surface area contributed by atoms with Crippen LogP contribution in [0.2, 0.25) is 0 Å². The number of halogens is 4. The predicted octanol–water partition coefficient (Wildman–Crippen LogP) is 7.31. The van der Waals surface area contributed by atoms with Gasteiger partial charge in [0.1, 0.15) is 35.7 Å². The van der Waals surface area contributed by atoms with Crippen molar-refractivity contribution >= 4 is 11.9 Å². The Balaban J connectivity index is 1.58. The van der Waals surface area contributed by atoms with E-state index in [2.05, 4.69) is 0 Å². The van der Waals surface area contributed by atoms with Crippen molar-refractivity contribution in [2.45, 2.75) is 26.9 Å². The Labute approximate surface area is 255 Å². The lowest BCUT2D eigenvalue weighted by atomic mass is 10.00. The maximum absolute atomic E-state index is 14.9. The highest BCUT2D eigenvalue weighted by Gasteiger charge is 2.30. The fourth-order valence-electron chi connectivity index (χ4n) is 4.58. The molecule has 1 aliphatic rings. The Kier molecular flexibility index (Phi) is 9.12. The van der Waals surface area contributed by atoms with Gasteiger partial charge in [-0.25, -0.2) is 18.4 Å². The van der Waals surface area contributed by atoms with Crippen LogP contribution >= 0.6 is 0 Å². The van der Waals surface area contributed by atoms with Crippen LogP contribution in [-0.2, 0) is 0 Å². The van der Waals surface area contributed by atoms with Crippen LogP contribution < -0.4 is 28.4 Å². The Morgan fingerprint density at radius 1 is 0.667 bits per heavy atom. The van der Waals surface area contributed by atoms with Crippen LogP contribution in [0.4, 0.5) is 17.6 Å². The molecule has 4 aromatic carbocycles. The van der Waals surface area contributed by atoms with E-state index in [1.165, 1.54) is 24.3 Å². The molecule has 0 radical (unpaired) electrons. The van der Waals surface area contributed by atoms with E-state index in [9.17, 15) is 27.2 Å². The quantitative estimate of drug-likeness (QED) is 0.114. The minimum absolute atomic E-state index is 0.0564. The third-order valence-electron chi connectivity index (χ3n) is 6.57. The topological polar surface area (TPSA) is 89.5 Å². The summed E-state index contributed by atoms with van der Waals surface area (Å²) in [5.41, 5.74) is -1.31. The Morgan fingerprint density at radius 2 is 1.13 bits per heavy atom. The second kappa shape index (κ2) is 13.2. The van der Waals surface area contributed by atoms with Gasteiger partial charge in [0, 0.05) is 0 Å². The van der Waals surface area contributed by atoms with Gasteiger partial charge in [-0.3, -0.25) is 0 Å². The Bertz CT molecular complexity index is 1770. The highest BCUT2D eigenvalue weighted by atomic mass is 19.2. The molecule has 0 spiro atoms. The van der Waals surface area contributed by atoms with Crippen LogP contribution in [0, 0.1) is 23.3 Å². The number of hydrogen-bond acceptors (Lipinski definition) is 8. The number of fused-ring (bicyclic) bond motifs is 3. The van der Waals surface area contributed by atoms with Gasteiger partial charge < -0.3 is 28.4 Å². The molecule has 8 nitrogen and oxygen atoms in total. The van der Waals surface area contributed by atoms with Gasteiger partial charge in [0.25, 0.3) is 0 Å². The van der Waals surface area contributed by atoms with E-state index in [1.807, 2.05) is 0 Å². The third-order valence-corrected chi connectivity index (χ3v) is 6.57. The molecule has 0 fully saturated rings. The summed E-state index contributed by atoms with van der Waals surface area (Å²) in [6.45, 7) is 5.10. The molecule has 0 saturated heterocycles. The summed E-state index contributed by atoms with van der Waals surface area (Å²) in [6.07, 6.45) is -0.507. The minimum Gasteiger partial charge on any atom is -0.491 e. The maximum Gasteiger partial charge on any atom is 0.346 e. The van der Waals surface area contributed by atoms with Crippen molar-refractivity contribution in [3.63, 3.8) is 0 Å². The summed E-state index contributed by atoms with van der Waals surface area (Å²) in [4.78, 5) is 26.3. The molecular formula is C33H26F4O8. The van der Waals surface area contributed by atoms with E-state index in [1.54, 1.807) is 32.9 Å². The first-order chi connectivity index (χ1) is 21.6. The van der Waals surface area contributed by atoms with Crippen molar-refractivity contribution in [1.82, 2.24) is 0 Å². The normalized spacial score (nSPS) is 13.6. The van der Waals surface area contributed by atoms with Crippen LogP contribution in [0.5, 0.6) is 34.5 Å². The molecule has 234 valence electrons. The predicted molar refractivity (Wildman–Crippen MR) is 152 cm³/mol. The number of rotatable bonds is 8. The van der Waals surface area contributed by atoms with Crippen LogP contribution in [0.25, 0.3) is 11.1 Å². The lowest BCUT2D eigenvalue weighted by Gasteiger charge is -2.26. The summed E-state index contributed by atoms with van der Waals surface area (Å²) in [7, 11) is 0. The van der Waals surface area contributed by atoms with E-state index in [-0.39, 0.29) is 65.4 Å². The minimum atomic E-state index is -1.47. The zero-order chi connectivity index (χ0) is 32.2. The van der Waals surface area contributed by atoms with Gasteiger partial charge in [0.2, 0.25) is 11.6 Å². The van der Waals surface area contributed by atoms with E-state index >= 15 is 0 Å². The summed E-state index contributed by atoms with van der Waals surface area (Å²) in [6, 6.07) is 13.0. The number of carbonyl (C=O) groups is 2. The van der Waals surface area contributed by atoms with E-state index in [4.69, 9.17) is 28.4 Å². The molecular weight excluding hydrogens is 600 g/mol. The van der Waals surface area contributed by atoms with Crippen LogP contribution in [0.3, 0.4) is 0 Å². The molecule has 12 heteroatoms. The first kappa shape index (κ1) is 31.2. The average Bonchev–Trinajstić information content (AvgIpc) is 3.00. The smallest absolute Gasteiger partial charge is 0.346 e. The number of benzene rings is 4. The molecule has 5 rings (SSSR count). The summed E-state index contributed by atoms with van der Waals surface area (Å²) >= 11 is 0. The zero-order valence-electron chi connectivity index (χ0n) is 24.3. The third kappa shape index (κ3) is 6.21. The first-order valence-corrected chi connectivity index (χ1v) is 13.9. The molecule has 1 atom stereocenters. The van der Waals surface area contributed by atoms with Crippen molar-refractivity contribution in [1.29, 1.82) is 0 Å². The summed E-state index contributed by atoms with van der Waals surface area (Å²) < 4.78 is 91.8. The van der Waals surface area contributed by atoms with Crippen LogP contribution in [0.15, 0.2) is 60.7 Å². The summed E-state index contributed by atoms with van der Waals surface area (Å²) in [5.74, 6) is -8.97. The SMILES string of the molecule is CCOc1ccc(C(=O)Oc2cccc3c2-c2c(OC(=O)c4ccc(OCC)c(F)c4F)cccc2O[C@H](C)CO3)c(F)c1F. The fourth-order valence-corrected chi connectivity index (χ4v) is 4.58. The standard InChI is InChI=1S/C33H26F4O8/c1-4-40-24-14-12-18(28(34)30(24)36)32(38)44-22-10-6-8-20-26(22)27-21(43-17(3)16-42-20)9-7-11-23(27)45-33(39)19-13-15-25(41-5-2)31(37)29(19)35/h6-15,17H,4-5,16H2,1-3H3/t17-/m1/s1. The first-order valence-electron chi connectivity index (χ1n) is 13.9. The zero-order valence-corrected chi connectivity index (χ0v) is 24.3. The number of carbonyl (C=O) groups excluding carboxylic acids is 2. The van der Waals surface area contributed by atoms with Gasteiger partial charge in [0.05, 0.1) is 35.5 Å². The molecule has 0 unspecified atom stereocenters. The van der Waals surface area contributed by atoms with Gasteiger partial charge in [-0.2, -0.15) is 8.78 Å². The molecule has 0 aliphatic carbocycles.